The van der Waals surface area contributed by atoms with Gasteiger partial charge in [-0.15, -0.1) is 0 Å². The van der Waals surface area contributed by atoms with E-state index in [2.05, 4.69) is 11.8 Å². The van der Waals surface area contributed by atoms with Gasteiger partial charge in [0.25, 0.3) is 0 Å². The number of hydrogen-bond acceptors (Lipinski definition) is 3. The number of likely N-dealkylation sites (tertiary alicyclic amines) is 1. The van der Waals surface area contributed by atoms with E-state index in [1.54, 1.807) is 7.11 Å². The second-order valence-electron chi connectivity index (χ2n) is 5.54. The van der Waals surface area contributed by atoms with Gasteiger partial charge in [-0.3, -0.25) is 4.79 Å². The van der Waals surface area contributed by atoms with Gasteiger partial charge in [0.1, 0.15) is 6.61 Å². The molecule has 1 amide bonds. The van der Waals surface area contributed by atoms with Crippen LogP contribution in [0.5, 0.6) is 0 Å². The maximum absolute atomic E-state index is 12.2. The molecule has 1 aliphatic carbocycles. The average Bonchev–Trinajstić information content (AvgIpc) is 2.70. The van der Waals surface area contributed by atoms with Gasteiger partial charge < -0.3 is 14.4 Å². The summed E-state index contributed by atoms with van der Waals surface area (Å²) in [6, 6.07) is 0.865. The normalized spacial score (nSPS) is 31.4. The second kappa shape index (κ2) is 6.53. The van der Waals surface area contributed by atoms with Gasteiger partial charge in [0, 0.05) is 19.2 Å². The van der Waals surface area contributed by atoms with Crippen LogP contribution in [-0.2, 0) is 14.3 Å². The van der Waals surface area contributed by atoms with E-state index in [0.29, 0.717) is 25.3 Å². The van der Waals surface area contributed by atoms with Crippen molar-refractivity contribution in [3.63, 3.8) is 0 Å². The molecule has 0 spiro atoms. The van der Waals surface area contributed by atoms with Crippen molar-refractivity contribution in [1.29, 1.82) is 0 Å². The Labute approximate surface area is 110 Å². The molecule has 3 atom stereocenters. The molecule has 0 unspecified atom stereocenters. The second-order valence-corrected chi connectivity index (χ2v) is 5.54. The summed E-state index contributed by atoms with van der Waals surface area (Å²) in [5.74, 6) is 0.893. The van der Waals surface area contributed by atoms with Crippen molar-refractivity contribution in [2.45, 2.75) is 51.1 Å². The van der Waals surface area contributed by atoms with Crippen molar-refractivity contribution in [2.75, 3.05) is 26.9 Å². The van der Waals surface area contributed by atoms with Gasteiger partial charge in [-0.05, 0) is 32.1 Å². The third kappa shape index (κ3) is 3.04. The molecule has 2 aliphatic rings. The third-order valence-electron chi connectivity index (χ3n) is 4.29. The van der Waals surface area contributed by atoms with Crippen LogP contribution < -0.4 is 0 Å². The van der Waals surface area contributed by atoms with Crippen molar-refractivity contribution >= 4 is 5.91 Å². The highest BCUT2D eigenvalue weighted by Crippen LogP contribution is 2.39. The number of ether oxygens (including phenoxy) is 2. The monoisotopic (exact) mass is 255 g/mol. The van der Waals surface area contributed by atoms with Gasteiger partial charge in [0.2, 0.25) is 5.91 Å². The highest BCUT2D eigenvalue weighted by atomic mass is 16.5. The quantitative estimate of drug-likeness (QED) is 0.704. The highest BCUT2D eigenvalue weighted by molar-refractivity contribution is 5.78. The Hall–Kier alpha value is -0.610. The first-order valence-corrected chi connectivity index (χ1v) is 7.12. The molecule has 0 aromatic carbocycles. The van der Waals surface area contributed by atoms with Crippen LogP contribution in [0.15, 0.2) is 0 Å². The number of methoxy groups -OCH3 is 1. The number of rotatable bonds is 5. The molecule has 18 heavy (non-hydrogen) atoms. The summed E-state index contributed by atoms with van der Waals surface area (Å²) in [5.41, 5.74) is 0. The van der Waals surface area contributed by atoms with E-state index in [9.17, 15) is 4.79 Å². The lowest BCUT2D eigenvalue weighted by molar-refractivity contribution is -0.140. The fourth-order valence-electron chi connectivity index (χ4n) is 3.51. The molecule has 0 aromatic heterocycles. The van der Waals surface area contributed by atoms with Gasteiger partial charge in [0.05, 0.1) is 13.2 Å². The van der Waals surface area contributed by atoms with E-state index in [1.807, 2.05) is 0 Å². The molecule has 4 nitrogen and oxygen atoms in total. The molecule has 1 saturated heterocycles. The van der Waals surface area contributed by atoms with Crippen molar-refractivity contribution in [1.82, 2.24) is 4.90 Å². The Morgan fingerprint density at radius 3 is 2.83 bits per heavy atom. The smallest absolute Gasteiger partial charge is 0.249 e. The fraction of sp³-hybridized carbons (Fsp3) is 0.929. The van der Waals surface area contributed by atoms with E-state index >= 15 is 0 Å². The molecular weight excluding hydrogens is 230 g/mol. The number of fused-ring (bicyclic) bond motifs is 1. The molecular formula is C14H25NO3. The number of nitrogens with zero attached hydrogens (tertiary/aromatic N) is 1. The van der Waals surface area contributed by atoms with Gasteiger partial charge in [-0.25, -0.2) is 0 Å². The molecule has 104 valence electrons. The number of carbonyl (C=O) groups excluding carboxylic acids is 1. The Bertz CT molecular complexity index is 282. The van der Waals surface area contributed by atoms with Crippen molar-refractivity contribution in [3.05, 3.63) is 0 Å². The zero-order valence-corrected chi connectivity index (χ0v) is 11.6. The predicted molar refractivity (Wildman–Crippen MR) is 69.4 cm³/mol. The Morgan fingerprint density at radius 1 is 1.28 bits per heavy atom. The fourth-order valence-corrected chi connectivity index (χ4v) is 3.51. The largest absolute Gasteiger partial charge is 0.382 e. The minimum atomic E-state index is 0.160. The molecule has 0 radical (unpaired) electrons. The lowest BCUT2D eigenvalue weighted by Crippen LogP contribution is -2.44. The van der Waals surface area contributed by atoms with Crippen LogP contribution in [0.3, 0.4) is 0 Å². The topological polar surface area (TPSA) is 38.8 Å². The summed E-state index contributed by atoms with van der Waals surface area (Å²) in [7, 11) is 1.64. The van der Waals surface area contributed by atoms with Crippen LogP contribution in [0.1, 0.15) is 39.0 Å². The standard InChI is InChI=1S/C14H25NO3/c1-11-9-12-5-3-4-6-13(12)15(11)14(16)10-18-8-7-17-2/h11-13H,3-10H2,1-2H3/t11-,12+,13-/m1/s1. The Morgan fingerprint density at radius 2 is 2.06 bits per heavy atom. The summed E-state index contributed by atoms with van der Waals surface area (Å²) in [6.07, 6.45) is 6.25. The molecule has 4 heteroatoms. The third-order valence-corrected chi connectivity index (χ3v) is 4.29. The minimum absolute atomic E-state index is 0.160. The van der Waals surface area contributed by atoms with Crippen molar-refractivity contribution in [2.24, 2.45) is 5.92 Å². The van der Waals surface area contributed by atoms with Crippen molar-refractivity contribution in [3.8, 4) is 0 Å². The zero-order valence-electron chi connectivity index (χ0n) is 11.6. The van der Waals surface area contributed by atoms with Gasteiger partial charge in [0.15, 0.2) is 0 Å². The Balaban J connectivity index is 1.84. The van der Waals surface area contributed by atoms with Gasteiger partial charge in [-0.1, -0.05) is 12.8 Å². The lowest BCUT2D eigenvalue weighted by atomic mass is 9.85. The van der Waals surface area contributed by atoms with E-state index in [1.165, 1.54) is 32.1 Å². The first-order chi connectivity index (χ1) is 8.74. The molecule has 1 heterocycles. The van der Waals surface area contributed by atoms with E-state index in [0.717, 1.165) is 5.92 Å². The Kier molecular flexibility index (Phi) is 5.01. The van der Waals surface area contributed by atoms with Crippen LogP contribution in [0, 0.1) is 5.92 Å². The van der Waals surface area contributed by atoms with E-state index in [-0.39, 0.29) is 12.5 Å². The number of amides is 1. The molecule has 2 rings (SSSR count). The molecule has 2 fully saturated rings. The van der Waals surface area contributed by atoms with E-state index in [4.69, 9.17) is 9.47 Å². The maximum atomic E-state index is 12.2. The predicted octanol–water partition coefficient (Wildman–Crippen LogP) is 1.83. The lowest BCUT2D eigenvalue weighted by Gasteiger charge is -2.33. The molecule has 0 aromatic rings. The van der Waals surface area contributed by atoms with Gasteiger partial charge >= 0.3 is 0 Å². The van der Waals surface area contributed by atoms with Crippen LogP contribution in [0.4, 0.5) is 0 Å². The molecule has 0 N–H and O–H groups in total. The average molecular weight is 255 g/mol. The van der Waals surface area contributed by atoms with Crippen LogP contribution in [0.2, 0.25) is 0 Å². The summed E-state index contributed by atoms with van der Waals surface area (Å²) in [5, 5.41) is 0. The first-order valence-electron chi connectivity index (χ1n) is 7.12. The molecule has 1 saturated carbocycles. The summed E-state index contributed by atoms with van der Waals surface area (Å²) in [4.78, 5) is 14.3. The zero-order chi connectivity index (χ0) is 13.0. The minimum Gasteiger partial charge on any atom is -0.382 e. The first kappa shape index (κ1) is 13.8. The number of carbonyl (C=O) groups is 1. The van der Waals surface area contributed by atoms with Gasteiger partial charge in [-0.2, -0.15) is 0 Å². The summed E-state index contributed by atoms with van der Waals surface area (Å²) < 4.78 is 10.3. The molecule has 0 bridgehead atoms. The highest BCUT2D eigenvalue weighted by Gasteiger charge is 2.42. The summed E-state index contributed by atoms with van der Waals surface area (Å²) >= 11 is 0. The van der Waals surface area contributed by atoms with Crippen LogP contribution in [-0.4, -0.2) is 49.8 Å². The SMILES string of the molecule is COCCOCC(=O)N1[C@H](C)C[C@@H]2CCCC[C@H]21. The number of hydrogen-bond donors (Lipinski definition) is 0. The maximum Gasteiger partial charge on any atom is 0.249 e. The van der Waals surface area contributed by atoms with Crippen LogP contribution >= 0.6 is 0 Å². The summed E-state index contributed by atoms with van der Waals surface area (Å²) in [6.45, 7) is 3.43. The van der Waals surface area contributed by atoms with Crippen molar-refractivity contribution < 1.29 is 14.3 Å². The molecule has 1 aliphatic heterocycles. The van der Waals surface area contributed by atoms with E-state index < -0.39 is 0 Å². The van der Waals surface area contributed by atoms with Crippen LogP contribution in [0.25, 0.3) is 0 Å².